The fourth-order valence-electron chi connectivity index (χ4n) is 1.94. The molecule has 1 aromatic rings. The van der Waals surface area contributed by atoms with E-state index in [1.54, 1.807) is 0 Å². The van der Waals surface area contributed by atoms with Crippen molar-refractivity contribution in [1.82, 2.24) is 5.32 Å². The third kappa shape index (κ3) is 3.48. The van der Waals surface area contributed by atoms with E-state index in [0.29, 0.717) is 19.8 Å². The zero-order chi connectivity index (χ0) is 13.8. The highest BCUT2D eigenvalue weighted by atomic mass is 19.1. The van der Waals surface area contributed by atoms with Gasteiger partial charge in [-0.25, -0.2) is 8.78 Å². The number of hydrogen-bond donors (Lipinski definition) is 2. The molecule has 104 valence electrons. The molecule has 19 heavy (non-hydrogen) atoms. The Balaban J connectivity index is 2.00. The van der Waals surface area contributed by atoms with E-state index in [2.05, 4.69) is 10.6 Å². The molecule has 1 aromatic carbocycles. The molecule has 1 unspecified atom stereocenters. The summed E-state index contributed by atoms with van der Waals surface area (Å²) >= 11 is 0. The van der Waals surface area contributed by atoms with Crippen LogP contribution in [-0.4, -0.2) is 31.7 Å². The molecule has 0 spiro atoms. The summed E-state index contributed by atoms with van der Waals surface area (Å²) in [4.78, 5) is 11.8. The molecule has 1 aliphatic rings. The van der Waals surface area contributed by atoms with Crippen LogP contribution in [0.3, 0.4) is 0 Å². The standard InChI is InChI=1S/C13H16F2N2O2/c1-8-2-3-10(14)13(12(8)15)17-11(18)6-9-7-19-5-4-16-9/h2-3,9,16H,4-7H2,1H3,(H,17,18). The molecule has 0 aromatic heterocycles. The van der Waals surface area contributed by atoms with Gasteiger partial charge in [-0.1, -0.05) is 6.07 Å². The van der Waals surface area contributed by atoms with Crippen LogP contribution in [-0.2, 0) is 9.53 Å². The van der Waals surface area contributed by atoms with Crippen LogP contribution in [0.2, 0.25) is 0 Å². The molecule has 1 fully saturated rings. The Labute approximate surface area is 110 Å². The minimum atomic E-state index is -0.774. The number of aryl methyl sites for hydroxylation is 1. The van der Waals surface area contributed by atoms with Crippen LogP contribution in [0.1, 0.15) is 12.0 Å². The number of carbonyl (C=O) groups excluding carboxylic acids is 1. The highest BCUT2D eigenvalue weighted by molar-refractivity contribution is 5.91. The van der Waals surface area contributed by atoms with Crippen molar-refractivity contribution >= 4 is 11.6 Å². The number of morpholine rings is 1. The van der Waals surface area contributed by atoms with Crippen LogP contribution >= 0.6 is 0 Å². The number of carbonyl (C=O) groups is 1. The van der Waals surface area contributed by atoms with Gasteiger partial charge in [0.1, 0.15) is 11.5 Å². The molecule has 1 aliphatic heterocycles. The lowest BCUT2D eigenvalue weighted by Crippen LogP contribution is -2.43. The number of amides is 1. The van der Waals surface area contributed by atoms with E-state index in [1.807, 2.05) is 0 Å². The van der Waals surface area contributed by atoms with Crippen molar-refractivity contribution in [2.45, 2.75) is 19.4 Å². The Kier molecular flexibility index (Phi) is 4.44. The molecule has 0 bridgehead atoms. The van der Waals surface area contributed by atoms with Gasteiger partial charge in [-0.15, -0.1) is 0 Å². The van der Waals surface area contributed by atoms with E-state index in [0.717, 1.165) is 6.07 Å². The SMILES string of the molecule is Cc1ccc(F)c(NC(=O)CC2COCCN2)c1F. The van der Waals surface area contributed by atoms with Gasteiger partial charge in [0, 0.05) is 19.0 Å². The Morgan fingerprint density at radius 2 is 2.32 bits per heavy atom. The van der Waals surface area contributed by atoms with Crippen molar-refractivity contribution < 1.29 is 18.3 Å². The molecule has 0 saturated carbocycles. The molecule has 1 saturated heterocycles. The van der Waals surface area contributed by atoms with Gasteiger partial charge < -0.3 is 15.4 Å². The Morgan fingerprint density at radius 3 is 3.00 bits per heavy atom. The molecule has 2 N–H and O–H groups in total. The molecule has 0 aliphatic carbocycles. The monoisotopic (exact) mass is 270 g/mol. The summed E-state index contributed by atoms with van der Waals surface area (Å²) in [6, 6.07) is 2.34. The molecule has 1 amide bonds. The first-order chi connectivity index (χ1) is 9.08. The first kappa shape index (κ1) is 13.9. The van der Waals surface area contributed by atoms with Crippen LogP contribution in [0.4, 0.5) is 14.5 Å². The van der Waals surface area contributed by atoms with Crippen molar-refractivity contribution in [3.63, 3.8) is 0 Å². The largest absolute Gasteiger partial charge is 0.378 e. The van der Waals surface area contributed by atoms with Gasteiger partial charge in [-0.05, 0) is 18.6 Å². The summed E-state index contributed by atoms with van der Waals surface area (Å²) < 4.78 is 32.4. The van der Waals surface area contributed by atoms with Gasteiger partial charge in [-0.2, -0.15) is 0 Å². The predicted molar refractivity (Wildman–Crippen MR) is 67.0 cm³/mol. The zero-order valence-electron chi connectivity index (χ0n) is 10.6. The molecule has 4 nitrogen and oxygen atoms in total. The quantitative estimate of drug-likeness (QED) is 0.877. The van der Waals surface area contributed by atoms with Crippen LogP contribution < -0.4 is 10.6 Å². The minimum Gasteiger partial charge on any atom is -0.378 e. The van der Waals surface area contributed by atoms with Gasteiger partial charge in [0.2, 0.25) is 5.91 Å². The van der Waals surface area contributed by atoms with Crippen molar-refractivity contribution in [2.75, 3.05) is 25.1 Å². The third-order valence-electron chi connectivity index (χ3n) is 2.98. The normalized spacial score (nSPS) is 19.2. The summed E-state index contributed by atoms with van der Waals surface area (Å²) in [6.07, 6.45) is 0.118. The van der Waals surface area contributed by atoms with Gasteiger partial charge >= 0.3 is 0 Å². The Bertz CT molecular complexity index is 474. The fourth-order valence-corrected chi connectivity index (χ4v) is 1.94. The predicted octanol–water partition coefficient (Wildman–Crippen LogP) is 1.59. The molecular weight excluding hydrogens is 254 g/mol. The first-order valence-corrected chi connectivity index (χ1v) is 6.13. The highest BCUT2D eigenvalue weighted by Crippen LogP contribution is 2.21. The fraction of sp³-hybridized carbons (Fsp3) is 0.462. The average Bonchev–Trinajstić information content (AvgIpc) is 2.40. The van der Waals surface area contributed by atoms with Crippen LogP contribution in [0.5, 0.6) is 0 Å². The lowest BCUT2D eigenvalue weighted by atomic mass is 10.1. The minimum absolute atomic E-state index is 0.118. The topological polar surface area (TPSA) is 50.4 Å². The third-order valence-corrected chi connectivity index (χ3v) is 2.98. The zero-order valence-corrected chi connectivity index (χ0v) is 10.6. The average molecular weight is 270 g/mol. The Hall–Kier alpha value is -1.53. The van der Waals surface area contributed by atoms with Gasteiger partial charge in [0.15, 0.2) is 5.82 Å². The molecule has 0 radical (unpaired) electrons. The molecule has 1 heterocycles. The summed E-state index contributed by atoms with van der Waals surface area (Å²) in [5, 5.41) is 5.39. The number of anilines is 1. The first-order valence-electron chi connectivity index (χ1n) is 6.13. The maximum Gasteiger partial charge on any atom is 0.226 e. The molecule has 2 rings (SSSR count). The lowest BCUT2D eigenvalue weighted by Gasteiger charge is -2.23. The second kappa shape index (κ2) is 6.08. The van der Waals surface area contributed by atoms with E-state index < -0.39 is 17.5 Å². The summed E-state index contributed by atoms with van der Waals surface area (Å²) in [5.41, 5.74) is -0.0995. The molecular formula is C13H16F2N2O2. The van der Waals surface area contributed by atoms with E-state index >= 15 is 0 Å². The second-order valence-electron chi connectivity index (χ2n) is 4.53. The molecule has 6 heteroatoms. The summed E-state index contributed by atoms with van der Waals surface area (Å²) in [6.45, 7) is 3.22. The Morgan fingerprint density at radius 1 is 1.53 bits per heavy atom. The maximum absolute atomic E-state index is 13.7. The van der Waals surface area contributed by atoms with Crippen molar-refractivity contribution in [3.8, 4) is 0 Å². The van der Waals surface area contributed by atoms with Crippen LogP contribution in [0.25, 0.3) is 0 Å². The number of ether oxygens (including phenoxy) is 1. The van der Waals surface area contributed by atoms with Gasteiger partial charge in [0.05, 0.1) is 13.2 Å². The van der Waals surface area contributed by atoms with Gasteiger partial charge in [-0.3, -0.25) is 4.79 Å². The highest BCUT2D eigenvalue weighted by Gasteiger charge is 2.19. The maximum atomic E-state index is 13.7. The van der Waals surface area contributed by atoms with Gasteiger partial charge in [0.25, 0.3) is 0 Å². The van der Waals surface area contributed by atoms with Crippen molar-refractivity contribution in [2.24, 2.45) is 0 Å². The number of rotatable bonds is 3. The van der Waals surface area contributed by atoms with E-state index in [1.165, 1.54) is 13.0 Å². The van der Waals surface area contributed by atoms with E-state index in [-0.39, 0.29) is 23.7 Å². The summed E-state index contributed by atoms with van der Waals surface area (Å²) in [5.74, 6) is -1.95. The summed E-state index contributed by atoms with van der Waals surface area (Å²) in [7, 11) is 0. The van der Waals surface area contributed by atoms with E-state index in [9.17, 15) is 13.6 Å². The number of nitrogens with one attached hydrogen (secondary N) is 2. The van der Waals surface area contributed by atoms with E-state index in [4.69, 9.17) is 4.74 Å². The number of hydrogen-bond acceptors (Lipinski definition) is 3. The smallest absolute Gasteiger partial charge is 0.226 e. The van der Waals surface area contributed by atoms with Crippen molar-refractivity contribution in [1.29, 1.82) is 0 Å². The van der Waals surface area contributed by atoms with Crippen molar-refractivity contribution in [3.05, 3.63) is 29.3 Å². The number of halogens is 2. The van der Waals surface area contributed by atoms with Crippen LogP contribution in [0, 0.1) is 18.6 Å². The lowest BCUT2D eigenvalue weighted by molar-refractivity contribution is -0.117. The number of benzene rings is 1. The molecule has 1 atom stereocenters. The second-order valence-corrected chi connectivity index (χ2v) is 4.53. The van der Waals surface area contributed by atoms with Crippen LogP contribution in [0.15, 0.2) is 12.1 Å².